The number of hydrogen-bond acceptors (Lipinski definition) is 2. The minimum absolute atomic E-state index is 0.260. The van der Waals surface area contributed by atoms with Crippen molar-refractivity contribution in [3.63, 3.8) is 0 Å². The Bertz CT molecular complexity index is 442. The van der Waals surface area contributed by atoms with Crippen LogP contribution in [0.1, 0.15) is 32.3 Å². The molecule has 0 amide bonds. The smallest absolute Gasteiger partial charge is 0.382 e. The molecule has 1 heterocycles. The SMILES string of the molecule is CCN1CCCC(C(C)Nc2ccc(C(F)(F)F)cc2)C1. The van der Waals surface area contributed by atoms with Crippen LogP contribution in [0.3, 0.4) is 0 Å². The first kappa shape index (κ1) is 16.1. The molecule has 0 spiro atoms. The second kappa shape index (κ2) is 6.69. The van der Waals surface area contributed by atoms with Crippen molar-refractivity contribution in [3.8, 4) is 0 Å². The molecule has 2 rings (SSSR count). The summed E-state index contributed by atoms with van der Waals surface area (Å²) in [6.07, 6.45) is -1.90. The monoisotopic (exact) mass is 300 g/mol. The van der Waals surface area contributed by atoms with E-state index in [1.54, 1.807) is 0 Å². The molecule has 1 fully saturated rings. The molecule has 1 aromatic carbocycles. The highest BCUT2D eigenvalue weighted by molar-refractivity contribution is 5.46. The summed E-state index contributed by atoms with van der Waals surface area (Å²) < 4.78 is 37.6. The molecule has 1 aliphatic heterocycles. The molecule has 2 atom stereocenters. The van der Waals surface area contributed by atoms with Crippen LogP contribution in [0.4, 0.5) is 18.9 Å². The molecule has 0 aliphatic carbocycles. The van der Waals surface area contributed by atoms with E-state index in [4.69, 9.17) is 0 Å². The van der Waals surface area contributed by atoms with Gasteiger partial charge in [-0.05, 0) is 63.0 Å². The maximum Gasteiger partial charge on any atom is 0.416 e. The number of piperidine rings is 1. The van der Waals surface area contributed by atoms with E-state index < -0.39 is 11.7 Å². The van der Waals surface area contributed by atoms with Gasteiger partial charge in [0.1, 0.15) is 0 Å². The first-order valence-corrected chi connectivity index (χ1v) is 7.56. The zero-order chi connectivity index (χ0) is 15.5. The lowest BCUT2D eigenvalue weighted by Crippen LogP contribution is -2.41. The molecule has 0 radical (unpaired) electrons. The summed E-state index contributed by atoms with van der Waals surface area (Å²) in [5, 5.41) is 3.34. The summed E-state index contributed by atoms with van der Waals surface area (Å²) in [6, 6.07) is 5.55. The van der Waals surface area contributed by atoms with E-state index in [2.05, 4.69) is 24.1 Å². The summed E-state index contributed by atoms with van der Waals surface area (Å²) in [4.78, 5) is 2.43. The third kappa shape index (κ3) is 4.37. The summed E-state index contributed by atoms with van der Waals surface area (Å²) in [7, 11) is 0. The summed E-state index contributed by atoms with van der Waals surface area (Å²) in [5.74, 6) is 0.543. The number of rotatable bonds is 4. The molecule has 1 saturated heterocycles. The molecule has 1 N–H and O–H groups in total. The first-order chi connectivity index (χ1) is 9.90. The zero-order valence-electron chi connectivity index (χ0n) is 12.6. The molecular formula is C16H23F3N2. The minimum atomic E-state index is -4.27. The fraction of sp³-hybridized carbons (Fsp3) is 0.625. The second-order valence-electron chi connectivity index (χ2n) is 5.80. The lowest BCUT2D eigenvalue weighted by Gasteiger charge is -2.35. The number of likely N-dealkylation sites (tertiary alicyclic amines) is 1. The van der Waals surface area contributed by atoms with Crippen molar-refractivity contribution < 1.29 is 13.2 Å². The zero-order valence-corrected chi connectivity index (χ0v) is 12.6. The average Bonchev–Trinajstić information content (AvgIpc) is 2.47. The van der Waals surface area contributed by atoms with Crippen molar-refractivity contribution in [1.29, 1.82) is 0 Å². The Morgan fingerprint density at radius 1 is 1.29 bits per heavy atom. The highest BCUT2D eigenvalue weighted by Crippen LogP contribution is 2.30. The van der Waals surface area contributed by atoms with Crippen LogP contribution in [0, 0.1) is 5.92 Å². The normalized spacial score (nSPS) is 22.0. The molecule has 5 heteroatoms. The third-order valence-electron chi connectivity index (χ3n) is 4.30. The van der Waals surface area contributed by atoms with E-state index in [0.29, 0.717) is 5.92 Å². The van der Waals surface area contributed by atoms with Crippen molar-refractivity contribution in [3.05, 3.63) is 29.8 Å². The number of benzene rings is 1. The van der Waals surface area contributed by atoms with Gasteiger partial charge in [-0.25, -0.2) is 0 Å². The Morgan fingerprint density at radius 3 is 2.52 bits per heavy atom. The van der Waals surface area contributed by atoms with E-state index in [1.165, 1.54) is 25.0 Å². The van der Waals surface area contributed by atoms with Crippen LogP contribution in [0.25, 0.3) is 0 Å². The number of nitrogens with one attached hydrogen (secondary N) is 1. The van der Waals surface area contributed by atoms with Crippen molar-refractivity contribution in [2.75, 3.05) is 25.0 Å². The van der Waals surface area contributed by atoms with Gasteiger partial charge in [-0.15, -0.1) is 0 Å². The quantitative estimate of drug-likeness (QED) is 0.895. The molecule has 1 aliphatic rings. The molecular weight excluding hydrogens is 277 g/mol. The van der Waals surface area contributed by atoms with Crippen LogP contribution < -0.4 is 5.32 Å². The lowest BCUT2D eigenvalue weighted by atomic mass is 9.91. The third-order valence-corrected chi connectivity index (χ3v) is 4.30. The molecule has 0 saturated carbocycles. The second-order valence-corrected chi connectivity index (χ2v) is 5.80. The molecule has 2 unspecified atom stereocenters. The van der Waals surface area contributed by atoms with Crippen molar-refractivity contribution >= 4 is 5.69 Å². The Balaban J connectivity index is 1.94. The molecule has 21 heavy (non-hydrogen) atoms. The van der Waals surface area contributed by atoms with Gasteiger partial charge in [0.25, 0.3) is 0 Å². The molecule has 118 valence electrons. The summed E-state index contributed by atoms with van der Waals surface area (Å²) >= 11 is 0. The number of nitrogens with zero attached hydrogens (tertiary/aromatic N) is 1. The predicted octanol–water partition coefficient (Wildman–Crippen LogP) is 4.24. The number of halogens is 3. The van der Waals surface area contributed by atoms with E-state index in [9.17, 15) is 13.2 Å². The van der Waals surface area contributed by atoms with Crippen molar-refractivity contribution in [2.45, 2.75) is 38.9 Å². The van der Waals surface area contributed by atoms with Crippen molar-refractivity contribution in [1.82, 2.24) is 4.90 Å². The molecule has 2 nitrogen and oxygen atoms in total. The van der Waals surface area contributed by atoms with Gasteiger partial charge in [0.15, 0.2) is 0 Å². The Kier molecular flexibility index (Phi) is 5.14. The number of alkyl halides is 3. The largest absolute Gasteiger partial charge is 0.416 e. The Labute approximate surface area is 124 Å². The maximum absolute atomic E-state index is 12.5. The summed E-state index contributed by atoms with van der Waals surface area (Å²) in [5.41, 5.74) is 0.152. The van der Waals surface area contributed by atoms with Crippen LogP contribution in [0.15, 0.2) is 24.3 Å². The van der Waals surface area contributed by atoms with Crippen LogP contribution in [0.5, 0.6) is 0 Å². The van der Waals surface area contributed by atoms with Gasteiger partial charge in [-0.1, -0.05) is 6.92 Å². The molecule has 1 aromatic rings. The van der Waals surface area contributed by atoms with Crippen LogP contribution in [-0.4, -0.2) is 30.6 Å². The maximum atomic E-state index is 12.5. The van der Waals surface area contributed by atoms with E-state index in [0.717, 1.165) is 37.5 Å². The minimum Gasteiger partial charge on any atom is -0.382 e. The van der Waals surface area contributed by atoms with Gasteiger partial charge in [0.05, 0.1) is 5.56 Å². The standard InChI is InChI=1S/C16H23F3N2/c1-3-21-10-4-5-13(11-21)12(2)20-15-8-6-14(7-9-15)16(17,18)19/h6-9,12-13,20H,3-5,10-11H2,1-2H3. The molecule has 0 aromatic heterocycles. The lowest BCUT2D eigenvalue weighted by molar-refractivity contribution is -0.137. The fourth-order valence-corrected chi connectivity index (χ4v) is 2.92. The predicted molar refractivity (Wildman–Crippen MR) is 79.4 cm³/mol. The van der Waals surface area contributed by atoms with Crippen LogP contribution in [0.2, 0.25) is 0 Å². The van der Waals surface area contributed by atoms with Gasteiger partial charge in [0.2, 0.25) is 0 Å². The van der Waals surface area contributed by atoms with E-state index in [1.807, 2.05) is 0 Å². The van der Waals surface area contributed by atoms with Gasteiger partial charge in [-0.3, -0.25) is 0 Å². The molecule has 0 bridgehead atoms. The highest BCUT2D eigenvalue weighted by Gasteiger charge is 2.30. The Hall–Kier alpha value is -1.23. The topological polar surface area (TPSA) is 15.3 Å². The van der Waals surface area contributed by atoms with Crippen molar-refractivity contribution in [2.24, 2.45) is 5.92 Å². The fourth-order valence-electron chi connectivity index (χ4n) is 2.92. The van der Waals surface area contributed by atoms with Crippen LogP contribution >= 0.6 is 0 Å². The number of hydrogen-bond donors (Lipinski definition) is 1. The van der Waals surface area contributed by atoms with Gasteiger partial charge >= 0.3 is 6.18 Å². The highest BCUT2D eigenvalue weighted by atomic mass is 19.4. The van der Waals surface area contributed by atoms with E-state index in [-0.39, 0.29) is 6.04 Å². The average molecular weight is 300 g/mol. The Morgan fingerprint density at radius 2 is 1.95 bits per heavy atom. The van der Waals surface area contributed by atoms with E-state index >= 15 is 0 Å². The van der Waals surface area contributed by atoms with Gasteiger partial charge < -0.3 is 10.2 Å². The van der Waals surface area contributed by atoms with Crippen LogP contribution in [-0.2, 0) is 6.18 Å². The number of anilines is 1. The van der Waals surface area contributed by atoms with Gasteiger partial charge in [-0.2, -0.15) is 13.2 Å². The van der Waals surface area contributed by atoms with Gasteiger partial charge in [0, 0.05) is 18.3 Å². The summed E-state index contributed by atoms with van der Waals surface area (Å²) in [6.45, 7) is 7.55. The first-order valence-electron chi connectivity index (χ1n) is 7.56.